The number of rotatable bonds is 5. The Hall–Kier alpha value is -3.78. The number of para-hydroxylation sites is 2. The van der Waals surface area contributed by atoms with Crippen molar-refractivity contribution in [3.05, 3.63) is 87.3 Å². The molecule has 8 heteroatoms. The number of fused-ring (bicyclic) bond motifs is 1. The smallest absolute Gasteiger partial charge is 0.266 e. The van der Waals surface area contributed by atoms with Gasteiger partial charge in [0, 0.05) is 11.4 Å². The number of amides is 2. The molecular formula is C24H22N4O3S. The molecule has 162 valence electrons. The zero-order valence-corrected chi connectivity index (χ0v) is 18.7. The molecule has 0 aliphatic carbocycles. The van der Waals surface area contributed by atoms with Crippen LogP contribution in [0, 0.1) is 13.8 Å². The van der Waals surface area contributed by atoms with Crippen LogP contribution in [-0.2, 0) is 4.79 Å². The third kappa shape index (κ3) is 4.04. The number of thiophene rings is 1. The number of nitrogens with one attached hydrogen (secondary N) is 2. The van der Waals surface area contributed by atoms with Crippen LogP contribution in [0.25, 0.3) is 10.2 Å². The van der Waals surface area contributed by atoms with Crippen LogP contribution >= 0.6 is 11.3 Å². The first-order valence-electron chi connectivity index (χ1n) is 10.1. The number of benzene rings is 2. The van der Waals surface area contributed by atoms with E-state index >= 15 is 0 Å². The standard InChI is InChI=1S/C24H22N4O3S/c1-14-9-7-8-12-18(14)27-22(30)20-15(2)19-23(32-20)25-13-28(24(19)31)16(3)21(29)26-17-10-5-4-6-11-17/h4-13,16H,1-3H3,(H,26,29)(H,27,30). The Labute approximate surface area is 188 Å². The van der Waals surface area contributed by atoms with E-state index in [0.717, 1.165) is 5.56 Å². The van der Waals surface area contributed by atoms with Gasteiger partial charge in [-0.15, -0.1) is 11.3 Å². The van der Waals surface area contributed by atoms with Gasteiger partial charge < -0.3 is 10.6 Å². The number of hydrogen-bond acceptors (Lipinski definition) is 5. The minimum Gasteiger partial charge on any atom is -0.324 e. The zero-order valence-electron chi connectivity index (χ0n) is 17.9. The Morgan fingerprint density at radius 2 is 1.69 bits per heavy atom. The van der Waals surface area contributed by atoms with E-state index in [0.29, 0.717) is 32.0 Å². The maximum atomic E-state index is 13.2. The first-order valence-corrected chi connectivity index (χ1v) is 10.9. The Bertz CT molecular complexity index is 1380. The van der Waals surface area contributed by atoms with E-state index < -0.39 is 6.04 Å². The Balaban J connectivity index is 1.65. The predicted molar refractivity (Wildman–Crippen MR) is 128 cm³/mol. The van der Waals surface area contributed by atoms with Crippen molar-refractivity contribution < 1.29 is 9.59 Å². The molecule has 1 unspecified atom stereocenters. The normalized spacial score (nSPS) is 11.8. The number of aryl methyl sites for hydroxylation is 2. The van der Waals surface area contributed by atoms with E-state index in [9.17, 15) is 14.4 Å². The summed E-state index contributed by atoms with van der Waals surface area (Å²) in [6.45, 7) is 5.28. The minimum atomic E-state index is -0.775. The molecule has 0 radical (unpaired) electrons. The molecule has 2 N–H and O–H groups in total. The Morgan fingerprint density at radius 1 is 1.00 bits per heavy atom. The highest BCUT2D eigenvalue weighted by Crippen LogP contribution is 2.28. The number of carbonyl (C=O) groups is 2. The third-order valence-electron chi connectivity index (χ3n) is 5.31. The summed E-state index contributed by atoms with van der Waals surface area (Å²) in [7, 11) is 0. The maximum absolute atomic E-state index is 13.2. The van der Waals surface area contributed by atoms with Crippen LogP contribution in [0.4, 0.5) is 11.4 Å². The summed E-state index contributed by atoms with van der Waals surface area (Å²) >= 11 is 1.17. The lowest BCUT2D eigenvalue weighted by atomic mass is 10.1. The highest BCUT2D eigenvalue weighted by molar-refractivity contribution is 7.20. The Morgan fingerprint density at radius 3 is 2.41 bits per heavy atom. The van der Waals surface area contributed by atoms with Crippen LogP contribution in [0.5, 0.6) is 0 Å². The van der Waals surface area contributed by atoms with Crippen LogP contribution in [0.3, 0.4) is 0 Å². The number of nitrogens with zero attached hydrogens (tertiary/aromatic N) is 2. The van der Waals surface area contributed by atoms with E-state index in [-0.39, 0.29) is 17.4 Å². The summed E-state index contributed by atoms with van der Waals surface area (Å²) in [5.41, 5.74) is 2.51. The van der Waals surface area contributed by atoms with Gasteiger partial charge in [0.2, 0.25) is 5.91 Å². The average molecular weight is 447 g/mol. The quantitative estimate of drug-likeness (QED) is 0.471. The van der Waals surface area contributed by atoms with Gasteiger partial charge in [-0.05, 0) is 50.1 Å². The third-order valence-corrected chi connectivity index (χ3v) is 6.51. The van der Waals surface area contributed by atoms with E-state index in [4.69, 9.17) is 0 Å². The lowest BCUT2D eigenvalue weighted by molar-refractivity contribution is -0.118. The predicted octanol–water partition coefficient (Wildman–Crippen LogP) is 4.53. The summed E-state index contributed by atoms with van der Waals surface area (Å²) in [5, 5.41) is 6.05. The monoisotopic (exact) mass is 446 g/mol. The van der Waals surface area contributed by atoms with Crippen molar-refractivity contribution in [2.45, 2.75) is 26.8 Å². The topological polar surface area (TPSA) is 93.1 Å². The van der Waals surface area contributed by atoms with Crippen molar-refractivity contribution in [3.63, 3.8) is 0 Å². The summed E-state index contributed by atoms with van der Waals surface area (Å²) in [4.78, 5) is 44.0. The van der Waals surface area contributed by atoms with E-state index in [1.165, 1.54) is 22.2 Å². The van der Waals surface area contributed by atoms with Crippen molar-refractivity contribution in [1.82, 2.24) is 9.55 Å². The summed E-state index contributed by atoms with van der Waals surface area (Å²) < 4.78 is 1.29. The largest absolute Gasteiger partial charge is 0.324 e. The second kappa shape index (κ2) is 8.76. The van der Waals surface area contributed by atoms with Crippen LogP contribution in [0.1, 0.15) is 33.8 Å². The molecule has 0 spiro atoms. The summed E-state index contributed by atoms with van der Waals surface area (Å²) in [5.74, 6) is -0.620. The van der Waals surface area contributed by atoms with Crippen molar-refractivity contribution in [2.24, 2.45) is 0 Å². The summed E-state index contributed by atoms with van der Waals surface area (Å²) in [6.07, 6.45) is 1.36. The molecule has 0 saturated carbocycles. The number of aromatic nitrogens is 2. The van der Waals surface area contributed by atoms with Crippen LogP contribution in [0.15, 0.2) is 65.7 Å². The molecule has 0 aliphatic heterocycles. The van der Waals surface area contributed by atoms with Gasteiger partial charge in [0.15, 0.2) is 0 Å². The summed E-state index contributed by atoms with van der Waals surface area (Å²) in [6, 6.07) is 15.8. The fourth-order valence-corrected chi connectivity index (χ4v) is 4.45. The molecule has 2 aromatic carbocycles. The van der Waals surface area contributed by atoms with Gasteiger partial charge in [-0.1, -0.05) is 36.4 Å². The van der Waals surface area contributed by atoms with E-state index in [1.807, 2.05) is 49.4 Å². The van der Waals surface area contributed by atoms with Gasteiger partial charge >= 0.3 is 0 Å². The molecule has 2 heterocycles. The molecule has 2 amide bonds. The fourth-order valence-electron chi connectivity index (χ4n) is 3.42. The molecule has 0 aliphatic rings. The van der Waals surface area contributed by atoms with Gasteiger partial charge in [0.1, 0.15) is 10.9 Å². The highest BCUT2D eigenvalue weighted by atomic mass is 32.1. The average Bonchev–Trinajstić information content (AvgIpc) is 3.13. The van der Waals surface area contributed by atoms with E-state index in [1.54, 1.807) is 26.0 Å². The number of carbonyl (C=O) groups excluding carboxylic acids is 2. The van der Waals surface area contributed by atoms with Gasteiger partial charge in [0.25, 0.3) is 11.5 Å². The fraction of sp³-hybridized carbons (Fsp3) is 0.167. The van der Waals surface area contributed by atoms with Gasteiger partial charge in [-0.3, -0.25) is 19.0 Å². The SMILES string of the molecule is Cc1ccccc1NC(=O)c1sc2ncn(C(C)C(=O)Nc3ccccc3)c(=O)c2c1C. The first-order chi connectivity index (χ1) is 15.4. The van der Waals surface area contributed by atoms with Crippen molar-refractivity contribution in [3.8, 4) is 0 Å². The maximum Gasteiger partial charge on any atom is 0.266 e. The van der Waals surface area contributed by atoms with Crippen LogP contribution in [0.2, 0.25) is 0 Å². The molecule has 0 saturated heterocycles. The van der Waals surface area contributed by atoms with Crippen molar-refractivity contribution in [2.75, 3.05) is 10.6 Å². The van der Waals surface area contributed by atoms with E-state index in [2.05, 4.69) is 15.6 Å². The molecule has 4 aromatic rings. The molecule has 32 heavy (non-hydrogen) atoms. The zero-order chi connectivity index (χ0) is 22.8. The Kier molecular flexibility index (Phi) is 5.87. The second-order valence-electron chi connectivity index (χ2n) is 7.49. The number of hydrogen-bond donors (Lipinski definition) is 2. The molecular weight excluding hydrogens is 424 g/mol. The molecule has 0 bridgehead atoms. The molecule has 4 rings (SSSR count). The second-order valence-corrected chi connectivity index (χ2v) is 8.49. The highest BCUT2D eigenvalue weighted by Gasteiger charge is 2.23. The van der Waals surface area contributed by atoms with Crippen molar-refractivity contribution in [1.29, 1.82) is 0 Å². The van der Waals surface area contributed by atoms with Crippen LogP contribution in [-0.4, -0.2) is 21.4 Å². The van der Waals surface area contributed by atoms with Gasteiger partial charge in [-0.2, -0.15) is 0 Å². The van der Waals surface area contributed by atoms with Gasteiger partial charge in [-0.25, -0.2) is 4.98 Å². The molecule has 0 fully saturated rings. The lowest BCUT2D eigenvalue weighted by Crippen LogP contribution is -2.31. The molecule has 1 atom stereocenters. The molecule has 2 aromatic heterocycles. The molecule has 7 nitrogen and oxygen atoms in total. The number of anilines is 2. The van der Waals surface area contributed by atoms with Crippen LogP contribution < -0.4 is 16.2 Å². The minimum absolute atomic E-state index is 0.291. The lowest BCUT2D eigenvalue weighted by Gasteiger charge is -2.15. The van der Waals surface area contributed by atoms with Gasteiger partial charge in [0.05, 0.1) is 16.6 Å². The first kappa shape index (κ1) is 21.5. The van der Waals surface area contributed by atoms with Crippen molar-refractivity contribution >= 4 is 44.7 Å².